The molecule has 29 heavy (non-hydrogen) atoms. The lowest BCUT2D eigenvalue weighted by Crippen LogP contribution is -2.50. The van der Waals surface area contributed by atoms with Crippen molar-refractivity contribution < 1.29 is 9.53 Å². The topological polar surface area (TPSA) is 59.4 Å². The van der Waals surface area contributed by atoms with E-state index < -0.39 is 0 Å². The zero-order valence-corrected chi connectivity index (χ0v) is 17.6. The minimum Gasteiger partial charge on any atom is -0.497 e. The van der Waals surface area contributed by atoms with E-state index in [-0.39, 0.29) is 17.5 Å². The van der Waals surface area contributed by atoms with Crippen LogP contribution in [0.1, 0.15) is 61.5 Å². The fourth-order valence-corrected chi connectivity index (χ4v) is 5.10. The Kier molecular flexibility index (Phi) is 4.33. The highest BCUT2D eigenvalue weighted by Gasteiger charge is 2.50. The van der Waals surface area contributed by atoms with E-state index in [1.165, 1.54) is 22.4 Å². The van der Waals surface area contributed by atoms with E-state index in [1.807, 2.05) is 17.2 Å². The molecule has 2 heterocycles. The van der Waals surface area contributed by atoms with Crippen LogP contribution in [-0.4, -0.2) is 40.4 Å². The Bertz CT molecular complexity index is 944. The molecule has 6 nitrogen and oxygen atoms in total. The van der Waals surface area contributed by atoms with Crippen molar-refractivity contribution in [2.75, 3.05) is 13.7 Å². The molecule has 1 saturated carbocycles. The molecule has 0 bridgehead atoms. The molecule has 1 aliphatic heterocycles. The van der Waals surface area contributed by atoms with E-state index >= 15 is 0 Å². The highest BCUT2D eigenvalue weighted by molar-refractivity contribution is 5.75. The van der Waals surface area contributed by atoms with Crippen LogP contribution in [0, 0.1) is 0 Å². The first-order valence-electron chi connectivity index (χ1n) is 10.8. The molecule has 1 aromatic carbocycles. The second-order valence-corrected chi connectivity index (χ2v) is 9.20. The van der Waals surface area contributed by atoms with Crippen molar-refractivity contribution in [1.29, 1.82) is 0 Å². The van der Waals surface area contributed by atoms with E-state index in [9.17, 15) is 4.79 Å². The van der Waals surface area contributed by atoms with Crippen molar-refractivity contribution >= 4 is 6.03 Å². The maximum atomic E-state index is 13.2. The van der Waals surface area contributed by atoms with E-state index in [0.29, 0.717) is 12.6 Å². The summed E-state index contributed by atoms with van der Waals surface area (Å²) in [5.41, 5.74) is 5.39. The molecule has 1 aromatic heterocycles. The van der Waals surface area contributed by atoms with E-state index in [0.717, 1.165) is 44.4 Å². The second-order valence-electron chi connectivity index (χ2n) is 9.20. The van der Waals surface area contributed by atoms with Gasteiger partial charge in [-0.05, 0) is 68.4 Å². The first-order valence-corrected chi connectivity index (χ1v) is 10.8. The Morgan fingerprint density at radius 3 is 2.86 bits per heavy atom. The van der Waals surface area contributed by atoms with Gasteiger partial charge in [0.1, 0.15) is 5.75 Å². The number of carbonyl (C=O) groups is 1. The molecule has 154 valence electrons. The molecule has 1 fully saturated rings. The van der Waals surface area contributed by atoms with Gasteiger partial charge in [0.15, 0.2) is 0 Å². The molecular formula is C23H30N4O2. The molecular weight excluding hydrogens is 364 g/mol. The van der Waals surface area contributed by atoms with Gasteiger partial charge in [-0.2, -0.15) is 5.10 Å². The predicted molar refractivity (Wildman–Crippen MR) is 111 cm³/mol. The summed E-state index contributed by atoms with van der Waals surface area (Å²) in [6, 6.07) is 6.90. The Hall–Kier alpha value is -2.50. The van der Waals surface area contributed by atoms with E-state index in [1.54, 1.807) is 7.11 Å². The van der Waals surface area contributed by atoms with Crippen LogP contribution in [0.2, 0.25) is 0 Å². The van der Waals surface area contributed by atoms with Crippen LogP contribution >= 0.6 is 0 Å². The van der Waals surface area contributed by atoms with E-state index in [2.05, 4.69) is 41.1 Å². The molecule has 0 saturated heterocycles. The van der Waals surface area contributed by atoms with Crippen LogP contribution in [0.4, 0.5) is 4.79 Å². The summed E-state index contributed by atoms with van der Waals surface area (Å²) >= 11 is 0. The van der Waals surface area contributed by atoms with Gasteiger partial charge in [-0.3, -0.25) is 4.68 Å². The summed E-state index contributed by atoms with van der Waals surface area (Å²) in [5.74, 6) is 0.910. The van der Waals surface area contributed by atoms with Crippen LogP contribution in [0.15, 0.2) is 24.4 Å². The minimum absolute atomic E-state index is 0.0711. The van der Waals surface area contributed by atoms with Gasteiger partial charge in [0.05, 0.1) is 13.3 Å². The van der Waals surface area contributed by atoms with Gasteiger partial charge < -0.3 is 15.0 Å². The molecule has 3 aliphatic rings. The van der Waals surface area contributed by atoms with E-state index in [4.69, 9.17) is 4.74 Å². The van der Waals surface area contributed by atoms with Crippen molar-refractivity contribution in [1.82, 2.24) is 20.0 Å². The standard InChI is InChI=1S/C23H30N4O2/c1-15(2)27-21-10-18(6-4-16(21)12-24-27)25-22(28)26-13-17-5-7-19(29-3)11-20(17)23(14-26)8-9-23/h5,7,11-12,15,18H,4,6,8-10,13-14H2,1-3H3,(H,25,28). The molecule has 1 N–H and O–H groups in total. The zero-order chi connectivity index (χ0) is 20.2. The molecule has 6 heteroatoms. The summed E-state index contributed by atoms with van der Waals surface area (Å²) in [5, 5.41) is 7.88. The summed E-state index contributed by atoms with van der Waals surface area (Å²) < 4.78 is 7.53. The molecule has 5 rings (SSSR count). The Labute approximate surface area is 172 Å². The fourth-order valence-electron chi connectivity index (χ4n) is 5.10. The summed E-state index contributed by atoms with van der Waals surface area (Å²) in [6.45, 7) is 5.80. The van der Waals surface area contributed by atoms with Crippen LogP contribution in [0.5, 0.6) is 5.75 Å². The number of rotatable bonds is 3. The summed E-state index contributed by atoms with van der Waals surface area (Å²) in [7, 11) is 1.71. The maximum Gasteiger partial charge on any atom is 0.317 e. The quantitative estimate of drug-likeness (QED) is 0.866. The third-order valence-electron chi connectivity index (χ3n) is 6.89. The van der Waals surface area contributed by atoms with Gasteiger partial charge in [0, 0.05) is 42.7 Å². The number of benzene rings is 1. The first-order chi connectivity index (χ1) is 14.0. The lowest BCUT2D eigenvalue weighted by Gasteiger charge is -2.36. The van der Waals surface area contributed by atoms with Crippen molar-refractivity contribution in [3.8, 4) is 5.75 Å². The number of hydrogen-bond acceptors (Lipinski definition) is 3. The van der Waals surface area contributed by atoms with Crippen LogP contribution < -0.4 is 10.1 Å². The highest BCUT2D eigenvalue weighted by atomic mass is 16.5. The molecule has 1 unspecified atom stereocenters. The number of carbonyl (C=O) groups excluding carboxylic acids is 1. The molecule has 1 spiro atoms. The van der Waals surface area contributed by atoms with Gasteiger partial charge in [0.25, 0.3) is 0 Å². The van der Waals surface area contributed by atoms with Crippen molar-refractivity contribution in [2.45, 2.75) is 70.0 Å². The zero-order valence-electron chi connectivity index (χ0n) is 17.6. The van der Waals surface area contributed by atoms with Gasteiger partial charge in [-0.25, -0.2) is 4.79 Å². The number of aryl methyl sites for hydroxylation is 1. The smallest absolute Gasteiger partial charge is 0.317 e. The van der Waals surface area contributed by atoms with Gasteiger partial charge in [-0.1, -0.05) is 6.07 Å². The van der Waals surface area contributed by atoms with Crippen molar-refractivity contribution in [3.05, 3.63) is 46.8 Å². The predicted octanol–water partition coefficient (Wildman–Crippen LogP) is 3.59. The average Bonchev–Trinajstić information content (AvgIpc) is 3.35. The van der Waals surface area contributed by atoms with Gasteiger partial charge in [-0.15, -0.1) is 0 Å². The molecule has 2 aromatic rings. The Morgan fingerprint density at radius 2 is 2.14 bits per heavy atom. The fraction of sp³-hybridized carbons (Fsp3) is 0.565. The SMILES string of the molecule is COc1ccc2c(c1)C1(CC1)CN(C(=O)NC1CCc3cnn(C(C)C)c3C1)C2. The first kappa shape index (κ1) is 18.5. The monoisotopic (exact) mass is 394 g/mol. The lowest BCUT2D eigenvalue weighted by atomic mass is 9.87. The van der Waals surface area contributed by atoms with Crippen molar-refractivity contribution in [2.24, 2.45) is 0 Å². The third kappa shape index (κ3) is 3.18. The average molecular weight is 395 g/mol. The van der Waals surface area contributed by atoms with Gasteiger partial charge in [0.2, 0.25) is 0 Å². The van der Waals surface area contributed by atoms with Crippen LogP contribution in [-0.2, 0) is 24.8 Å². The number of ether oxygens (including phenoxy) is 1. The number of nitrogens with zero attached hydrogens (tertiary/aromatic N) is 3. The lowest BCUT2D eigenvalue weighted by molar-refractivity contribution is 0.178. The molecule has 2 amide bonds. The van der Waals surface area contributed by atoms with Gasteiger partial charge >= 0.3 is 6.03 Å². The number of amides is 2. The number of fused-ring (bicyclic) bond motifs is 3. The number of methoxy groups -OCH3 is 1. The number of hydrogen-bond donors (Lipinski definition) is 1. The number of urea groups is 1. The molecule has 2 aliphatic carbocycles. The number of aromatic nitrogens is 2. The Balaban J connectivity index is 1.30. The normalized spacial score (nSPS) is 21.7. The minimum atomic E-state index is 0.0711. The number of nitrogens with one attached hydrogen (secondary N) is 1. The maximum absolute atomic E-state index is 13.2. The van der Waals surface area contributed by atoms with Crippen LogP contribution in [0.25, 0.3) is 0 Å². The summed E-state index contributed by atoms with van der Waals surface area (Å²) in [6.07, 6.45) is 7.13. The van der Waals surface area contributed by atoms with Crippen LogP contribution in [0.3, 0.4) is 0 Å². The highest BCUT2D eigenvalue weighted by Crippen LogP contribution is 2.53. The molecule has 1 atom stereocenters. The van der Waals surface area contributed by atoms with Crippen molar-refractivity contribution in [3.63, 3.8) is 0 Å². The third-order valence-corrected chi connectivity index (χ3v) is 6.89. The summed E-state index contributed by atoms with van der Waals surface area (Å²) in [4.78, 5) is 15.2. The second kappa shape index (κ2) is 6.78. The Morgan fingerprint density at radius 1 is 1.31 bits per heavy atom. The molecule has 0 radical (unpaired) electrons. The largest absolute Gasteiger partial charge is 0.497 e.